The monoisotopic (exact) mass is 198 g/mol. The van der Waals surface area contributed by atoms with E-state index in [4.69, 9.17) is 0 Å². The van der Waals surface area contributed by atoms with Crippen LogP contribution in [-0.2, 0) is 0 Å². The number of rotatable bonds is 1. The summed E-state index contributed by atoms with van der Waals surface area (Å²) in [7, 11) is 0. The highest BCUT2D eigenvalue weighted by Gasteiger charge is 2.24. The molecule has 2 aliphatic heterocycles. The molecule has 2 heterocycles. The molecule has 14 heavy (non-hydrogen) atoms. The van der Waals surface area contributed by atoms with Crippen LogP contribution < -0.4 is 5.32 Å². The number of nitrogens with one attached hydrogen (secondary N) is 1. The summed E-state index contributed by atoms with van der Waals surface area (Å²) in [5.74, 6) is 0. The average molecular weight is 198 g/mol. The molecule has 0 spiro atoms. The quantitative estimate of drug-likeness (QED) is 0.647. The van der Waals surface area contributed by atoms with E-state index in [2.05, 4.69) is 10.2 Å². The van der Waals surface area contributed by atoms with E-state index in [1.807, 2.05) is 0 Å². The summed E-state index contributed by atoms with van der Waals surface area (Å²) in [5, 5.41) is 12.9. The SMILES string of the molecule is OC1CCN([C@@H]2CCCNCC2)CC1. The summed E-state index contributed by atoms with van der Waals surface area (Å²) in [6.45, 7) is 4.56. The third kappa shape index (κ3) is 2.69. The Morgan fingerprint density at radius 1 is 1.00 bits per heavy atom. The standard InChI is InChI=1S/C11H22N2O/c14-11-4-8-13(9-5-11)10-2-1-6-12-7-3-10/h10-12,14H,1-9H2/t10-/m1/s1. The van der Waals surface area contributed by atoms with E-state index in [9.17, 15) is 5.11 Å². The predicted octanol–water partition coefficient (Wildman–Crippen LogP) is 0.585. The van der Waals surface area contributed by atoms with Crippen molar-refractivity contribution in [3.8, 4) is 0 Å². The number of piperidine rings is 1. The van der Waals surface area contributed by atoms with Crippen LogP contribution in [0.15, 0.2) is 0 Å². The predicted molar refractivity (Wildman–Crippen MR) is 57.3 cm³/mol. The van der Waals surface area contributed by atoms with Crippen LogP contribution in [0.1, 0.15) is 32.1 Å². The third-order valence-corrected chi connectivity index (χ3v) is 3.56. The molecular weight excluding hydrogens is 176 g/mol. The Balaban J connectivity index is 1.81. The van der Waals surface area contributed by atoms with Gasteiger partial charge in [0.1, 0.15) is 0 Å². The number of aliphatic hydroxyl groups excluding tert-OH is 1. The summed E-state index contributed by atoms with van der Waals surface area (Å²) in [4.78, 5) is 2.58. The molecule has 0 aromatic carbocycles. The van der Waals surface area contributed by atoms with E-state index < -0.39 is 0 Å². The maximum absolute atomic E-state index is 9.44. The van der Waals surface area contributed by atoms with Gasteiger partial charge in [-0.1, -0.05) is 0 Å². The number of nitrogens with zero attached hydrogens (tertiary/aromatic N) is 1. The van der Waals surface area contributed by atoms with Crippen LogP contribution in [-0.4, -0.2) is 48.3 Å². The van der Waals surface area contributed by atoms with E-state index >= 15 is 0 Å². The van der Waals surface area contributed by atoms with Crippen LogP contribution in [0.4, 0.5) is 0 Å². The van der Waals surface area contributed by atoms with Gasteiger partial charge >= 0.3 is 0 Å². The first-order chi connectivity index (χ1) is 6.86. The Kier molecular flexibility index (Phi) is 3.79. The van der Waals surface area contributed by atoms with Crippen molar-refractivity contribution >= 4 is 0 Å². The van der Waals surface area contributed by atoms with Gasteiger partial charge in [0.25, 0.3) is 0 Å². The van der Waals surface area contributed by atoms with Crippen molar-refractivity contribution in [2.45, 2.75) is 44.2 Å². The van der Waals surface area contributed by atoms with Gasteiger partial charge in [-0.2, -0.15) is 0 Å². The molecule has 0 aromatic heterocycles. The fourth-order valence-electron chi connectivity index (χ4n) is 2.62. The summed E-state index contributed by atoms with van der Waals surface area (Å²) >= 11 is 0. The third-order valence-electron chi connectivity index (χ3n) is 3.56. The van der Waals surface area contributed by atoms with Gasteiger partial charge in [0.05, 0.1) is 6.10 Å². The highest BCUT2D eigenvalue weighted by Crippen LogP contribution is 2.18. The van der Waals surface area contributed by atoms with Gasteiger partial charge in [-0.05, 0) is 45.2 Å². The van der Waals surface area contributed by atoms with Gasteiger partial charge in [-0.25, -0.2) is 0 Å². The van der Waals surface area contributed by atoms with Crippen LogP contribution >= 0.6 is 0 Å². The Morgan fingerprint density at radius 3 is 2.57 bits per heavy atom. The highest BCUT2D eigenvalue weighted by molar-refractivity contribution is 4.80. The van der Waals surface area contributed by atoms with Crippen molar-refractivity contribution in [2.75, 3.05) is 26.2 Å². The summed E-state index contributed by atoms with van der Waals surface area (Å²) in [5.41, 5.74) is 0. The zero-order chi connectivity index (χ0) is 9.80. The lowest BCUT2D eigenvalue weighted by Gasteiger charge is -2.35. The van der Waals surface area contributed by atoms with Gasteiger partial charge in [0, 0.05) is 19.1 Å². The number of hydrogen-bond acceptors (Lipinski definition) is 3. The van der Waals surface area contributed by atoms with Gasteiger partial charge in [0.15, 0.2) is 0 Å². The molecule has 2 rings (SSSR count). The van der Waals surface area contributed by atoms with Crippen molar-refractivity contribution in [3.05, 3.63) is 0 Å². The molecule has 0 radical (unpaired) electrons. The zero-order valence-corrected chi connectivity index (χ0v) is 8.91. The first-order valence-electron chi connectivity index (χ1n) is 5.99. The van der Waals surface area contributed by atoms with Crippen LogP contribution in [0, 0.1) is 0 Å². The smallest absolute Gasteiger partial charge is 0.0564 e. The van der Waals surface area contributed by atoms with Crippen LogP contribution in [0.3, 0.4) is 0 Å². The van der Waals surface area contributed by atoms with Crippen LogP contribution in [0.25, 0.3) is 0 Å². The Labute approximate surface area is 86.5 Å². The van der Waals surface area contributed by atoms with Crippen molar-refractivity contribution in [1.29, 1.82) is 0 Å². The molecule has 2 N–H and O–H groups in total. The van der Waals surface area contributed by atoms with E-state index in [0.29, 0.717) is 0 Å². The minimum absolute atomic E-state index is 0.0323. The highest BCUT2D eigenvalue weighted by atomic mass is 16.3. The first-order valence-corrected chi connectivity index (χ1v) is 5.99. The summed E-state index contributed by atoms with van der Waals surface area (Å²) < 4.78 is 0. The molecule has 0 saturated carbocycles. The maximum Gasteiger partial charge on any atom is 0.0564 e. The molecule has 0 aromatic rings. The lowest BCUT2D eigenvalue weighted by molar-refractivity contribution is 0.0575. The largest absolute Gasteiger partial charge is 0.393 e. The summed E-state index contributed by atoms with van der Waals surface area (Å²) in [6, 6.07) is 0.775. The lowest BCUT2D eigenvalue weighted by atomic mass is 10.0. The van der Waals surface area contributed by atoms with Crippen molar-refractivity contribution in [2.24, 2.45) is 0 Å². The van der Waals surface area contributed by atoms with E-state index in [-0.39, 0.29) is 6.10 Å². The van der Waals surface area contributed by atoms with E-state index in [1.165, 1.54) is 32.4 Å². The molecule has 82 valence electrons. The number of hydrogen-bond donors (Lipinski definition) is 2. The molecule has 2 fully saturated rings. The number of likely N-dealkylation sites (tertiary alicyclic amines) is 1. The molecule has 3 nitrogen and oxygen atoms in total. The minimum atomic E-state index is -0.0323. The van der Waals surface area contributed by atoms with Crippen molar-refractivity contribution < 1.29 is 5.11 Å². The molecule has 1 atom stereocenters. The van der Waals surface area contributed by atoms with Crippen molar-refractivity contribution in [1.82, 2.24) is 10.2 Å². The van der Waals surface area contributed by atoms with Crippen LogP contribution in [0.5, 0.6) is 0 Å². The van der Waals surface area contributed by atoms with Gasteiger partial charge in [0.2, 0.25) is 0 Å². The molecule has 2 saturated heterocycles. The minimum Gasteiger partial charge on any atom is -0.393 e. The van der Waals surface area contributed by atoms with Gasteiger partial charge < -0.3 is 15.3 Å². The van der Waals surface area contributed by atoms with Gasteiger partial charge in [-0.15, -0.1) is 0 Å². The molecule has 0 bridgehead atoms. The molecule has 0 unspecified atom stereocenters. The van der Waals surface area contributed by atoms with E-state index in [1.54, 1.807) is 0 Å². The second-order valence-corrected chi connectivity index (χ2v) is 4.60. The Bertz CT molecular complexity index is 159. The molecule has 2 aliphatic rings. The average Bonchev–Trinajstić information content (AvgIpc) is 2.47. The van der Waals surface area contributed by atoms with Gasteiger partial charge in [-0.3, -0.25) is 0 Å². The lowest BCUT2D eigenvalue weighted by Crippen LogP contribution is -2.43. The first kappa shape index (κ1) is 10.4. The second kappa shape index (κ2) is 5.10. The fourth-order valence-corrected chi connectivity index (χ4v) is 2.62. The number of aliphatic hydroxyl groups is 1. The van der Waals surface area contributed by atoms with E-state index in [0.717, 1.165) is 32.0 Å². The molecule has 0 aliphatic carbocycles. The second-order valence-electron chi connectivity index (χ2n) is 4.60. The molecular formula is C11H22N2O. The molecule has 0 amide bonds. The molecule has 3 heteroatoms. The normalized spacial score (nSPS) is 32.8. The van der Waals surface area contributed by atoms with Crippen molar-refractivity contribution in [3.63, 3.8) is 0 Å². The Morgan fingerprint density at radius 2 is 1.79 bits per heavy atom. The van der Waals surface area contributed by atoms with Crippen LogP contribution in [0.2, 0.25) is 0 Å². The zero-order valence-electron chi connectivity index (χ0n) is 8.91. The Hall–Kier alpha value is -0.120. The fraction of sp³-hybridized carbons (Fsp3) is 1.00. The summed E-state index contributed by atoms with van der Waals surface area (Å²) in [6.07, 6.45) is 5.85. The maximum atomic E-state index is 9.44. The topological polar surface area (TPSA) is 35.5 Å².